The fourth-order valence-corrected chi connectivity index (χ4v) is 8.07. The summed E-state index contributed by atoms with van der Waals surface area (Å²) in [5, 5.41) is 0. The van der Waals surface area contributed by atoms with E-state index in [-0.39, 0.29) is 11.3 Å². The average molecular weight is 549 g/mol. The Kier molecular flexibility index (Phi) is 6.86. The van der Waals surface area contributed by atoms with Gasteiger partial charge in [-0.3, -0.25) is 14.7 Å². The van der Waals surface area contributed by atoms with Crippen molar-refractivity contribution in [1.29, 1.82) is 0 Å². The van der Waals surface area contributed by atoms with E-state index in [2.05, 4.69) is 81.0 Å². The predicted octanol–water partition coefficient (Wildman–Crippen LogP) is 5.88. The van der Waals surface area contributed by atoms with Crippen molar-refractivity contribution in [3.8, 4) is 0 Å². The number of carbonyl (C=O) groups is 1. The summed E-state index contributed by atoms with van der Waals surface area (Å²) in [6, 6.07) is 21.4. The standard InChI is InChI=1S/C34H40N6O/c1-24-22-36-31(23-35-24)33(41)38-17-14-34(15-18-38,26-8-4-3-5-9-26)16-19-39-27-12-13-28(39)21-29(20-27)40-25(2)37-30-10-6-7-11-32(30)40/h3-11,22-23,27-29H,12-21H2,1-2H3/t27-,28+,29?. The first-order chi connectivity index (χ1) is 20.0. The second kappa shape index (κ2) is 10.7. The van der Waals surface area contributed by atoms with E-state index in [4.69, 9.17) is 4.98 Å². The third-order valence-corrected chi connectivity index (χ3v) is 10.2. The third-order valence-electron chi connectivity index (χ3n) is 10.2. The highest BCUT2D eigenvalue weighted by molar-refractivity contribution is 5.92. The normalized spacial score (nSPS) is 24.1. The lowest BCUT2D eigenvalue weighted by Gasteiger charge is -2.45. The molecular weight excluding hydrogens is 508 g/mol. The van der Waals surface area contributed by atoms with Crippen molar-refractivity contribution in [2.45, 2.75) is 82.3 Å². The molecule has 212 valence electrons. The van der Waals surface area contributed by atoms with Gasteiger partial charge in [-0.05, 0) is 88.4 Å². The summed E-state index contributed by atoms with van der Waals surface area (Å²) in [4.78, 5) is 31.5. The van der Waals surface area contributed by atoms with Gasteiger partial charge in [0.05, 0.1) is 22.9 Å². The first kappa shape index (κ1) is 26.3. The van der Waals surface area contributed by atoms with Crippen LogP contribution in [0.1, 0.15) is 78.6 Å². The molecule has 7 rings (SSSR count). The number of amides is 1. The maximum atomic E-state index is 13.2. The third kappa shape index (κ3) is 4.84. The number of benzene rings is 2. The molecule has 0 radical (unpaired) electrons. The molecule has 0 N–H and O–H groups in total. The number of nitrogens with zero attached hydrogens (tertiary/aromatic N) is 6. The van der Waals surface area contributed by atoms with Gasteiger partial charge in [0.25, 0.3) is 5.91 Å². The number of hydrogen-bond acceptors (Lipinski definition) is 5. The molecule has 3 saturated heterocycles. The average Bonchev–Trinajstić information content (AvgIpc) is 3.47. The molecular formula is C34H40N6O. The summed E-state index contributed by atoms with van der Waals surface area (Å²) < 4.78 is 2.52. The van der Waals surface area contributed by atoms with Gasteiger partial charge < -0.3 is 9.47 Å². The van der Waals surface area contributed by atoms with Crippen LogP contribution in [0.25, 0.3) is 11.0 Å². The molecule has 1 unspecified atom stereocenters. The molecule has 7 heteroatoms. The molecule has 2 aromatic carbocycles. The fourth-order valence-electron chi connectivity index (χ4n) is 8.07. The van der Waals surface area contributed by atoms with Gasteiger partial charge in [0.15, 0.2) is 0 Å². The Morgan fingerprint density at radius 3 is 2.29 bits per heavy atom. The minimum absolute atomic E-state index is 0.00148. The van der Waals surface area contributed by atoms with E-state index in [1.807, 2.05) is 11.8 Å². The molecule has 2 bridgehead atoms. The molecule has 41 heavy (non-hydrogen) atoms. The van der Waals surface area contributed by atoms with Crippen LogP contribution in [0.2, 0.25) is 0 Å². The molecule has 7 nitrogen and oxygen atoms in total. The summed E-state index contributed by atoms with van der Waals surface area (Å²) in [7, 11) is 0. The van der Waals surface area contributed by atoms with Crippen LogP contribution in [0.5, 0.6) is 0 Å². The lowest BCUT2D eigenvalue weighted by Crippen LogP contribution is -2.49. The summed E-state index contributed by atoms with van der Waals surface area (Å²) in [5.74, 6) is 1.15. The lowest BCUT2D eigenvalue weighted by atomic mass is 9.70. The Balaban J connectivity index is 1.06. The van der Waals surface area contributed by atoms with E-state index in [0.717, 1.165) is 55.9 Å². The number of para-hydroxylation sites is 2. The molecule has 3 atom stereocenters. The number of rotatable bonds is 6. The van der Waals surface area contributed by atoms with Crippen LogP contribution in [0, 0.1) is 13.8 Å². The van der Waals surface area contributed by atoms with Crippen molar-refractivity contribution in [3.63, 3.8) is 0 Å². The van der Waals surface area contributed by atoms with Gasteiger partial charge in [-0.25, -0.2) is 9.97 Å². The number of aryl methyl sites for hydroxylation is 2. The second-order valence-electron chi connectivity index (χ2n) is 12.5. The first-order valence-electron chi connectivity index (χ1n) is 15.3. The Hall–Kier alpha value is -3.58. The summed E-state index contributed by atoms with van der Waals surface area (Å²) in [6.07, 6.45) is 11.4. The molecule has 4 aromatic rings. The zero-order valence-electron chi connectivity index (χ0n) is 24.2. The molecule has 3 aliphatic rings. The quantitative estimate of drug-likeness (QED) is 0.301. The Bertz CT molecular complexity index is 1510. The maximum Gasteiger partial charge on any atom is 0.274 e. The van der Waals surface area contributed by atoms with Crippen molar-refractivity contribution >= 4 is 16.9 Å². The summed E-state index contributed by atoms with van der Waals surface area (Å²) in [5.41, 5.74) is 5.18. The molecule has 5 heterocycles. The van der Waals surface area contributed by atoms with Crippen LogP contribution in [-0.2, 0) is 5.41 Å². The van der Waals surface area contributed by atoms with Crippen LogP contribution in [0.15, 0.2) is 67.0 Å². The largest absolute Gasteiger partial charge is 0.337 e. The fraction of sp³-hybridized carbons (Fsp3) is 0.471. The van der Waals surface area contributed by atoms with Crippen molar-refractivity contribution in [2.75, 3.05) is 19.6 Å². The second-order valence-corrected chi connectivity index (χ2v) is 12.5. The number of piperidine rings is 2. The van der Waals surface area contributed by atoms with E-state index >= 15 is 0 Å². The Morgan fingerprint density at radius 2 is 1.59 bits per heavy atom. The van der Waals surface area contributed by atoms with Gasteiger partial charge in [0.1, 0.15) is 11.5 Å². The van der Waals surface area contributed by atoms with Crippen LogP contribution < -0.4 is 0 Å². The SMILES string of the molecule is Cc1cnc(C(=O)N2CCC(CCN3[C@@H]4CC[C@H]3CC(n3c(C)nc5ccccc53)C4)(c3ccccc3)CC2)cn1. The highest BCUT2D eigenvalue weighted by Gasteiger charge is 2.44. The zero-order chi connectivity index (χ0) is 28.0. The van der Waals surface area contributed by atoms with E-state index in [1.54, 1.807) is 12.4 Å². The molecule has 0 aliphatic carbocycles. The molecule has 3 aliphatic heterocycles. The smallest absolute Gasteiger partial charge is 0.274 e. The molecule has 3 fully saturated rings. The van der Waals surface area contributed by atoms with E-state index < -0.39 is 0 Å². The number of imidazole rings is 1. The zero-order valence-corrected chi connectivity index (χ0v) is 24.2. The first-order valence-corrected chi connectivity index (χ1v) is 15.3. The predicted molar refractivity (Wildman–Crippen MR) is 161 cm³/mol. The van der Waals surface area contributed by atoms with Crippen molar-refractivity contribution in [2.24, 2.45) is 0 Å². The van der Waals surface area contributed by atoms with Crippen LogP contribution in [0.4, 0.5) is 0 Å². The van der Waals surface area contributed by atoms with Gasteiger partial charge in [-0.1, -0.05) is 42.5 Å². The summed E-state index contributed by atoms with van der Waals surface area (Å²) >= 11 is 0. The molecule has 0 spiro atoms. The van der Waals surface area contributed by atoms with Gasteiger partial charge in [-0.15, -0.1) is 0 Å². The molecule has 1 amide bonds. The van der Waals surface area contributed by atoms with Gasteiger partial charge in [0, 0.05) is 37.4 Å². The number of fused-ring (bicyclic) bond motifs is 3. The molecule has 0 saturated carbocycles. The van der Waals surface area contributed by atoms with Gasteiger partial charge in [0.2, 0.25) is 0 Å². The lowest BCUT2D eigenvalue weighted by molar-refractivity contribution is 0.0601. The van der Waals surface area contributed by atoms with Gasteiger partial charge in [-0.2, -0.15) is 0 Å². The number of carbonyl (C=O) groups excluding carboxylic acids is 1. The van der Waals surface area contributed by atoms with Crippen molar-refractivity contribution in [1.82, 2.24) is 29.3 Å². The van der Waals surface area contributed by atoms with Crippen LogP contribution in [0.3, 0.4) is 0 Å². The minimum atomic E-state index is 0.00148. The topological polar surface area (TPSA) is 67.2 Å². The number of aromatic nitrogens is 4. The van der Waals surface area contributed by atoms with E-state index in [9.17, 15) is 4.79 Å². The van der Waals surface area contributed by atoms with Crippen molar-refractivity contribution < 1.29 is 4.79 Å². The van der Waals surface area contributed by atoms with Crippen molar-refractivity contribution in [3.05, 3.63) is 89.8 Å². The van der Waals surface area contributed by atoms with E-state index in [1.165, 1.54) is 36.8 Å². The monoisotopic (exact) mass is 548 g/mol. The van der Waals surface area contributed by atoms with E-state index in [0.29, 0.717) is 23.8 Å². The highest BCUT2D eigenvalue weighted by Crippen LogP contribution is 2.45. The molecule has 2 aromatic heterocycles. The minimum Gasteiger partial charge on any atom is -0.337 e. The number of hydrogen-bond donors (Lipinski definition) is 0. The number of likely N-dealkylation sites (tertiary alicyclic amines) is 1. The van der Waals surface area contributed by atoms with Crippen LogP contribution in [-0.4, -0.2) is 66.9 Å². The summed E-state index contributed by atoms with van der Waals surface area (Å²) in [6.45, 7) is 6.69. The Morgan fingerprint density at radius 1 is 0.878 bits per heavy atom. The van der Waals surface area contributed by atoms with Crippen LogP contribution >= 0.6 is 0 Å². The highest BCUT2D eigenvalue weighted by atomic mass is 16.2. The Labute approximate surface area is 242 Å². The van der Waals surface area contributed by atoms with Gasteiger partial charge >= 0.3 is 0 Å². The maximum absolute atomic E-state index is 13.2.